The number of hydrogen-bond acceptors (Lipinski definition) is 2. The first-order valence-corrected chi connectivity index (χ1v) is 9.21. The van der Waals surface area contributed by atoms with Gasteiger partial charge >= 0.3 is 6.03 Å². The highest BCUT2D eigenvalue weighted by Crippen LogP contribution is 2.24. The average Bonchev–Trinajstić information content (AvgIpc) is 2.68. The van der Waals surface area contributed by atoms with Crippen LogP contribution in [0.2, 0.25) is 0 Å². The Bertz CT molecular complexity index is 809. The highest BCUT2D eigenvalue weighted by Gasteiger charge is 2.30. The van der Waals surface area contributed by atoms with Gasteiger partial charge in [-0.15, -0.1) is 0 Å². The number of urea groups is 1. The first-order valence-electron chi connectivity index (χ1n) is 9.21. The molecule has 142 valence electrons. The SMILES string of the molecule is CC(C)=C(C)C(=O)N(C(=O)N[C@@H](C)c1ccccc1)[C@@H](C)c1ccccc1. The molecule has 2 aromatic rings. The molecule has 0 aliphatic rings. The first kappa shape index (κ1) is 20.4. The first-order chi connectivity index (χ1) is 12.8. The van der Waals surface area contributed by atoms with E-state index in [0.29, 0.717) is 5.57 Å². The van der Waals surface area contributed by atoms with Crippen molar-refractivity contribution in [1.82, 2.24) is 10.2 Å². The normalized spacial score (nSPS) is 12.6. The third kappa shape index (κ3) is 5.07. The van der Waals surface area contributed by atoms with E-state index < -0.39 is 6.03 Å². The molecule has 2 aromatic carbocycles. The summed E-state index contributed by atoms with van der Waals surface area (Å²) in [4.78, 5) is 27.5. The van der Waals surface area contributed by atoms with E-state index >= 15 is 0 Å². The van der Waals surface area contributed by atoms with Gasteiger partial charge in [-0.3, -0.25) is 9.69 Å². The van der Waals surface area contributed by atoms with E-state index in [1.54, 1.807) is 6.92 Å². The minimum Gasteiger partial charge on any atom is -0.331 e. The van der Waals surface area contributed by atoms with Gasteiger partial charge in [0.15, 0.2) is 0 Å². The van der Waals surface area contributed by atoms with Crippen molar-refractivity contribution in [2.75, 3.05) is 0 Å². The summed E-state index contributed by atoms with van der Waals surface area (Å²) in [5, 5.41) is 2.97. The molecule has 4 nitrogen and oxygen atoms in total. The highest BCUT2D eigenvalue weighted by molar-refractivity contribution is 6.04. The lowest BCUT2D eigenvalue weighted by Crippen LogP contribution is -2.46. The van der Waals surface area contributed by atoms with Gasteiger partial charge in [0.2, 0.25) is 0 Å². The second-order valence-corrected chi connectivity index (χ2v) is 6.97. The molecule has 2 rings (SSSR count). The lowest BCUT2D eigenvalue weighted by molar-refractivity contribution is -0.126. The van der Waals surface area contributed by atoms with Crippen LogP contribution in [0.5, 0.6) is 0 Å². The molecule has 0 bridgehead atoms. The van der Waals surface area contributed by atoms with Gasteiger partial charge in [0.25, 0.3) is 5.91 Å². The zero-order valence-electron chi connectivity index (χ0n) is 16.7. The number of amides is 3. The van der Waals surface area contributed by atoms with Crippen LogP contribution >= 0.6 is 0 Å². The van der Waals surface area contributed by atoms with Gasteiger partial charge in [-0.05, 0) is 45.7 Å². The van der Waals surface area contributed by atoms with E-state index in [1.807, 2.05) is 88.4 Å². The standard InChI is InChI=1S/C23H28N2O2/c1-16(2)17(3)22(26)25(19(5)21-14-10-7-11-15-21)23(27)24-18(4)20-12-8-6-9-13-20/h6-15,18-19H,1-5H3,(H,24,27)/t18-,19-/m0/s1. The summed E-state index contributed by atoms with van der Waals surface area (Å²) in [6, 6.07) is 18.3. The fourth-order valence-corrected chi connectivity index (χ4v) is 2.80. The maximum Gasteiger partial charge on any atom is 0.325 e. The topological polar surface area (TPSA) is 49.4 Å². The predicted molar refractivity (Wildman–Crippen MR) is 109 cm³/mol. The molecule has 27 heavy (non-hydrogen) atoms. The molecule has 0 aliphatic carbocycles. The molecule has 0 aromatic heterocycles. The predicted octanol–water partition coefficient (Wildman–Crippen LogP) is 5.40. The summed E-state index contributed by atoms with van der Waals surface area (Å²) in [6.45, 7) is 9.30. The van der Waals surface area contributed by atoms with Gasteiger partial charge in [0.05, 0.1) is 12.1 Å². The fraction of sp³-hybridized carbons (Fsp3) is 0.304. The van der Waals surface area contributed by atoms with Gasteiger partial charge in [-0.1, -0.05) is 66.2 Å². The molecule has 0 heterocycles. The Hall–Kier alpha value is -2.88. The third-order valence-electron chi connectivity index (χ3n) is 4.82. The molecule has 1 N–H and O–H groups in total. The van der Waals surface area contributed by atoms with Crippen LogP contribution in [0, 0.1) is 0 Å². The molecule has 0 saturated carbocycles. The molecule has 0 spiro atoms. The number of imide groups is 1. The van der Waals surface area contributed by atoms with Gasteiger partial charge in [-0.25, -0.2) is 4.79 Å². The number of carbonyl (C=O) groups is 2. The van der Waals surface area contributed by atoms with Crippen LogP contribution in [0.1, 0.15) is 57.8 Å². The van der Waals surface area contributed by atoms with Crippen LogP contribution in [0.25, 0.3) is 0 Å². The summed E-state index contributed by atoms with van der Waals surface area (Å²) in [5.74, 6) is -0.274. The lowest BCUT2D eigenvalue weighted by Gasteiger charge is -2.30. The van der Waals surface area contributed by atoms with Crippen LogP contribution in [-0.2, 0) is 4.79 Å². The molecule has 0 unspecified atom stereocenters. The Kier molecular flexibility index (Phi) is 6.94. The molecule has 0 radical (unpaired) electrons. The Morgan fingerprint density at radius 3 is 1.78 bits per heavy atom. The van der Waals surface area contributed by atoms with E-state index in [0.717, 1.165) is 16.7 Å². The molecule has 2 atom stereocenters. The highest BCUT2D eigenvalue weighted by atomic mass is 16.2. The van der Waals surface area contributed by atoms with E-state index in [-0.39, 0.29) is 18.0 Å². The summed E-state index contributed by atoms with van der Waals surface area (Å²) in [7, 11) is 0. The molecule has 3 amide bonds. The van der Waals surface area contributed by atoms with Crippen LogP contribution in [-0.4, -0.2) is 16.8 Å². The molecule has 0 aliphatic heterocycles. The minimum absolute atomic E-state index is 0.205. The van der Waals surface area contributed by atoms with Crippen molar-refractivity contribution in [3.63, 3.8) is 0 Å². The number of nitrogens with one attached hydrogen (secondary N) is 1. The summed E-state index contributed by atoms with van der Waals surface area (Å²) >= 11 is 0. The number of nitrogens with zero attached hydrogens (tertiary/aromatic N) is 1. The zero-order chi connectivity index (χ0) is 20.0. The number of hydrogen-bond donors (Lipinski definition) is 1. The number of rotatable bonds is 5. The second kappa shape index (κ2) is 9.17. The number of benzene rings is 2. The van der Waals surface area contributed by atoms with Crippen LogP contribution in [0.15, 0.2) is 71.8 Å². The van der Waals surface area contributed by atoms with Gasteiger partial charge in [0.1, 0.15) is 0 Å². The smallest absolute Gasteiger partial charge is 0.325 e. The van der Waals surface area contributed by atoms with Crippen LogP contribution in [0.3, 0.4) is 0 Å². The zero-order valence-corrected chi connectivity index (χ0v) is 16.7. The van der Waals surface area contributed by atoms with Crippen LogP contribution in [0.4, 0.5) is 4.79 Å². The van der Waals surface area contributed by atoms with E-state index in [1.165, 1.54) is 4.90 Å². The quantitative estimate of drug-likeness (QED) is 0.722. The fourth-order valence-electron chi connectivity index (χ4n) is 2.80. The minimum atomic E-state index is -0.395. The maximum absolute atomic E-state index is 13.1. The van der Waals surface area contributed by atoms with E-state index in [4.69, 9.17) is 0 Å². The summed E-state index contributed by atoms with van der Waals surface area (Å²) in [6.07, 6.45) is 0. The molecule has 0 saturated heterocycles. The van der Waals surface area contributed by atoms with Crippen LogP contribution < -0.4 is 5.32 Å². The number of allylic oxidation sites excluding steroid dienone is 1. The average molecular weight is 364 g/mol. The summed E-state index contributed by atoms with van der Waals surface area (Å²) < 4.78 is 0. The van der Waals surface area contributed by atoms with Crippen molar-refractivity contribution < 1.29 is 9.59 Å². The van der Waals surface area contributed by atoms with Crippen molar-refractivity contribution in [2.24, 2.45) is 0 Å². The van der Waals surface area contributed by atoms with Crippen molar-refractivity contribution >= 4 is 11.9 Å². The Labute approximate surface area is 161 Å². The van der Waals surface area contributed by atoms with E-state index in [2.05, 4.69) is 5.32 Å². The summed E-state index contributed by atoms with van der Waals surface area (Å²) in [5.41, 5.74) is 3.38. The Balaban J connectivity index is 2.32. The van der Waals surface area contributed by atoms with Crippen molar-refractivity contribution in [1.29, 1.82) is 0 Å². The van der Waals surface area contributed by atoms with Gasteiger partial charge in [-0.2, -0.15) is 0 Å². The Morgan fingerprint density at radius 1 is 0.815 bits per heavy atom. The van der Waals surface area contributed by atoms with Gasteiger partial charge < -0.3 is 5.32 Å². The van der Waals surface area contributed by atoms with Gasteiger partial charge in [0, 0.05) is 5.57 Å². The lowest BCUT2D eigenvalue weighted by atomic mass is 10.0. The van der Waals surface area contributed by atoms with Crippen molar-refractivity contribution in [3.8, 4) is 0 Å². The third-order valence-corrected chi connectivity index (χ3v) is 4.82. The van der Waals surface area contributed by atoms with Crippen molar-refractivity contribution in [3.05, 3.63) is 82.9 Å². The van der Waals surface area contributed by atoms with E-state index in [9.17, 15) is 9.59 Å². The molecule has 4 heteroatoms. The second-order valence-electron chi connectivity index (χ2n) is 6.97. The molecular formula is C23H28N2O2. The Morgan fingerprint density at radius 2 is 1.30 bits per heavy atom. The molecule has 0 fully saturated rings. The number of carbonyl (C=O) groups excluding carboxylic acids is 2. The van der Waals surface area contributed by atoms with Crippen molar-refractivity contribution in [2.45, 2.75) is 46.7 Å². The molecular weight excluding hydrogens is 336 g/mol. The maximum atomic E-state index is 13.1. The largest absolute Gasteiger partial charge is 0.331 e. The monoisotopic (exact) mass is 364 g/mol.